The molecule has 0 spiro atoms. The Bertz CT molecular complexity index is 42.8. The second-order valence-electron chi connectivity index (χ2n) is 1.06. The molecule has 36 valence electrons. The highest BCUT2D eigenvalue weighted by Crippen LogP contribution is 1.82. The van der Waals surface area contributed by atoms with Gasteiger partial charge in [-0.1, -0.05) is 0 Å². The number of hydrogen-bond donors (Lipinski definition) is 3. The van der Waals surface area contributed by atoms with Crippen molar-refractivity contribution < 1.29 is 9.94 Å². The lowest BCUT2D eigenvalue weighted by Gasteiger charge is -1.90. The maximum Gasteiger partial charge on any atom is 0.190 e. The summed E-state index contributed by atoms with van der Waals surface area (Å²) in [6, 6.07) is 0. The third-order valence-electron chi connectivity index (χ3n) is 0.544. The Morgan fingerprint density at radius 3 is 2.83 bits per heavy atom. The molecule has 0 bridgehead atoms. The zero-order valence-corrected chi connectivity index (χ0v) is 3.14. The molecule has 0 aromatic heterocycles. The lowest BCUT2D eigenvalue weighted by molar-refractivity contribution is -0.0973. The number of rotatable bonds is 0. The monoisotopic (exact) mass is 90.0 g/mol. The molecule has 0 amide bonds. The molecule has 6 heavy (non-hydrogen) atoms. The predicted octanol–water partition coefficient (Wildman–Crippen LogP) is -1.66. The van der Waals surface area contributed by atoms with Crippen LogP contribution in [0.3, 0.4) is 0 Å². The minimum Gasteiger partial charge on any atom is -0.365 e. The van der Waals surface area contributed by atoms with E-state index in [4.69, 9.17) is 5.11 Å². The van der Waals surface area contributed by atoms with Gasteiger partial charge in [-0.15, -0.1) is 5.59 Å². The second kappa shape index (κ2) is 1.53. The van der Waals surface area contributed by atoms with Crippen molar-refractivity contribution in [3.63, 3.8) is 0 Å². The fourth-order valence-electron chi connectivity index (χ4n) is 0.280. The van der Waals surface area contributed by atoms with E-state index in [1.807, 2.05) is 0 Å². The summed E-state index contributed by atoms with van der Waals surface area (Å²) in [4.78, 5) is 4.35. The highest BCUT2D eigenvalue weighted by molar-refractivity contribution is 4.43. The summed E-state index contributed by atoms with van der Waals surface area (Å²) < 4.78 is 0. The van der Waals surface area contributed by atoms with Gasteiger partial charge < -0.3 is 5.11 Å². The summed E-state index contributed by atoms with van der Waals surface area (Å²) in [6.45, 7) is 0.458. The summed E-state index contributed by atoms with van der Waals surface area (Å²) in [6.07, 6.45) is -0.676. The van der Waals surface area contributed by atoms with E-state index in [2.05, 4.69) is 15.9 Å². The first kappa shape index (κ1) is 4.01. The molecule has 0 radical (unpaired) electrons. The van der Waals surface area contributed by atoms with Crippen LogP contribution in [0.15, 0.2) is 0 Å². The van der Waals surface area contributed by atoms with Crippen LogP contribution in [0.4, 0.5) is 0 Å². The molecule has 1 saturated heterocycles. The first-order valence-corrected chi connectivity index (χ1v) is 1.71. The highest BCUT2D eigenvalue weighted by atomic mass is 16.8. The van der Waals surface area contributed by atoms with Gasteiger partial charge in [-0.3, -0.25) is 4.84 Å². The summed E-state index contributed by atoms with van der Waals surface area (Å²) in [7, 11) is 0. The molecule has 0 aromatic rings. The molecule has 1 aliphatic heterocycles. The van der Waals surface area contributed by atoms with E-state index >= 15 is 0 Å². The molecule has 4 nitrogen and oxygen atoms in total. The summed E-state index contributed by atoms with van der Waals surface area (Å²) >= 11 is 0. The van der Waals surface area contributed by atoms with Gasteiger partial charge in [0.05, 0.1) is 6.54 Å². The van der Waals surface area contributed by atoms with Gasteiger partial charge in [0.1, 0.15) is 0 Å². The van der Waals surface area contributed by atoms with E-state index in [0.717, 1.165) is 0 Å². The van der Waals surface area contributed by atoms with Crippen LogP contribution in [-0.2, 0) is 4.84 Å². The van der Waals surface area contributed by atoms with E-state index in [0.29, 0.717) is 6.54 Å². The van der Waals surface area contributed by atoms with Crippen molar-refractivity contribution in [2.24, 2.45) is 0 Å². The van der Waals surface area contributed by atoms with Crippen LogP contribution in [0.5, 0.6) is 0 Å². The van der Waals surface area contributed by atoms with Crippen LogP contribution in [0, 0.1) is 0 Å². The van der Waals surface area contributed by atoms with Crippen molar-refractivity contribution in [2.45, 2.75) is 6.29 Å². The van der Waals surface area contributed by atoms with Crippen LogP contribution >= 0.6 is 0 Å². The summed E-state index contributed by atoms with van der Waals surface area (Å²) in [5.41, 5.74) is 4.82. The van der Waals surface area contributed by atoms with E-state index in [9.17, 15) is 0 Å². The molecular formula is C2H6N2O2. The lowest BCUT2D eigenvalue weighted by atomic mass is 10.7. The van der Waals surface area contributed by atoms with E-state index in [-0.39, 0.29) is 0 Å². The molecule has 3 N–H and O–H groups in total. The SMILES string of the molecule is OC1CNNO1. The maximum absolute atomic E-state index is 8.38. The van der Waals surface area contributed by atoms with Gasteiger partial charge in [-0.25, -0.2) is 5.43 Å². The molecular weight excluding hydrogens is 84.0 g/mol. The number of aliphatic hydroxyl groups is 1. The van der Waals surface area contributed by atoms with Crippen LogP contribution in [0.1, 0.15) is 0 Å². The Morgan fingerprint density at radius 2 is 2.67 bits per heavy atom. The van der Waals surface area contributed by atoms with Crippen molar-refractivity contribution in [3.8, 4) is 0 Å². The Morgan fingerprint density at radius 1 is 1.83 bits per heavy atom. The zero-order valence-electron chi connectivity index (χ0n) is 3.14. The van der Waals surface area contributed by atoms with Gasteiger partial charge in [-0.2, -0.15) is 0 Å². The van der Waals surface area contributed by atoms with Crippen molar-refractivity contribution in [2.75, 3.05) is 6.54 Å². The average molecular weight is 90.1 g/mol. The van der Waals surface area contributed by atoms with Crippen molar-refractivity contribution >= 4 is 0 Å². The minimum absolute atomic E-state index is 0.458. The predicted molar refractivity (Wildman–Crippen MR) is 18.2 cm³/mol. The third-order valence-corrected chi connectivity index (χ3v) is 0.544. The Labute approximate surface area is 35.0 Å². The molecule has 1 fully saturated rings. The quantitative estimate of drug-likeness (QED) is 0.333. The standard InChI is InChI=1S/C2H6N2O2/c5-2-1-3-4-6-2/h2-5H,1H2. The second-order valence-corrected chi connectivity index (χ2v) is 1.06. The third kappa shape index (κ3) is 0.662. The topological polar surface area (TPSA) is 53.5 Å². The van der Waals surface area contributed by atoms with Gasteiger partial charge in [0.15, 0.2) is 6.29 Å². The van der Waals surface area contributed by atoms with Crippen molar-refractivity contribution in [3.05, 3.63) is 0 Å². The molecule has 1 heterocycles. The first-order valence-electron chi connectivity index (χ1n) is 1.71. The van der Waals surface area contributed by atoms with Gasteiger partial charge in [0.25, 0.3) is 0 Å². The van der Waals surface area contributed by atoms with E-state index in [1.54, 1.807) is 0 Å². The smallest absolute Gasteiger partial charge is 0.190 e. The minimum atomic E-state index is -0.676. The van der Waals surface area contributed by atoms with Gasteiger partial charge in [0, 0.05) is 0 Å². The molecule has 0 aromatic carbocycles. The van der Waals surface area contributed by atoms with Crippen LogP contribution in [-0.4, -0.2) is 17.9 Å². The highest BCUT2D eigenvalue weighted by Gasteiger charge is 2.08. The zero-order chi connectivity index (χ0) is 4.41. The fraction of sp³-hybridized carbons (Fsp3) is 1.00. The normalized spacial score (nSPS) is 34.5. The Kier molecular flexibility index (Phi) is 1.02. The lowest BCUT2D eigenvalue weighted by Crippen LogP contribution is -2.20. The van der Waals surface area contributed by atoms with Gasteiger partial charge in [-0.05, 0) is 0 Å². The van der Waals surface area contributed by atoms with Crippen molar-refractivity contribution in [1.29, 1.82) is 0 Å². The summed E-state index contributed by atoms with van der Waals surface area (Å²) in [5, 5.41) is 8.38. The van der Waals surface area contributed by atoms with Crippen LogP contribution in [0.25, 0.3) is 0 Å². The average Bonchev–Trinajstić information content (AvgIpc) is 1.86. The molecule has 1 rings (SSSR count). The molecule has 0 aliphatic carbocycles. The van der Waals surface area contributed by atoms with Gasteiger partial charge >= 0.3 is 0 Å². The van der Waals surface area contributed by atoms with Crippen LogP contribution in [0.2, 0.25) is 0 Å². The number of nitrogens with one attached hydrogen (secondary N) is 2. The number of hydrazine groups is 1. The Hall–Kier alpha value is -0.160. The Balaban J connectivity index is 2.18. The molecule has 1 atom stereocenters. The van der Waals surface area contributed by atoms with Crippen LogP contribution < -0.4 is 11.0 Å². The molecule has 1 unspecified atom stereocenters. The van der Waals surface area contributed by atoms with Gasteiger partial charge in [0.2, 0.25) is 0 Å². The van der Waals surface area contributed by atoms with E-state index in [1.165, 1.54) is 0 Å². The number of β-amino-alcohol motifs (C(OH)–C–C–N with tert-alkyl or cyclic N) is 1. The molecule has 0 saturated carbocycles. The summed E-state index contributed by atoms with van der Waals surface area (Å²) in [5.74, 6) is 0. The van der Waals surface area contributed by atoms with Crippen molar-refractivity contribution in [1.82, 2.24) is 11.0 Å². The maximum atomic E-state index is 8.38. The number of hydrogen-bond acceptors (Lipinski definition) is 4. The fourth-order valence-corrected chi connectivity index (χ4v) is 0.280. The first-order chi connectivity index (χ1) is 2.89. The number of aliphatic hydroxyl groups excluding tert-OH is 1. The molecule has 1 aliphatic rings. The largest absolute Gasteiger partial charge is 0.365 e. The molecule has 4 heteroatoms. The van der Waals surface area contributed by atoms with E-state index < -0.39 is 6.29 Å².